The van der Waals surface area contributed by atoms with Gasteiger partial charge in [-0.25, -0.2) is 4.79 Å². The number of anilines is 1. The zero-order valence-electron chi connectivity index (χ0n) is 13.2. The summed E-state index contributed by atoms with van der Waals surface area (Å²) in [5.41, 5.74) is 1.46. The van der Waals surface area contributed by atoms with Gasteiger partial charge in [-0.2, -0.15) is 4.99 Å². The van der Waals surface area contributed by atoms with Gasteiger partial charge in [-0.15, -0.1) is 0 Å². The number of hydrogen-bond donors (Lipinski definition) is 0. The molecule has 5 nitrogen and oxygen atoms in total. The number of amides is 1. The smallest absolute Gasteiger partial charge is 0.410 e. The summed E-state index contributed by atoms with van der Waals surface area (Å²) in [7, 11) is 0. The van der Waals surface area contributed by atoms with Crippen LogP contribution in [0.3, 0.4) is 0 Å². The fourth-order valence-electron chi connectivity index (χ4n) is 2.26. The van der Waals surface area contributed by atoms with Crippen LogP contribution in [0.4, 0.5) is 16.2 Å². The summed E-state index contributed by atoms with van der Waals surface area (Å²) in [6.45, 7) is 8.54. The van der Waals surface area contributed by atoms with E-state index >= 15 is 0 Å². The predicted octanol–water partition coefficient (Wildman–Crippen LogP) is 3.48. The molecule has 1 amide bonds. The maximum atomic E-state index is 12.0. The summed E-state index contributed by atoms with van der Waals surface area (Å²) in [6.07, 6.45) is -0.238. The molecule has 0 radical (unpaired) electrons. The standard InChI is InChI=1S/C16H21N3O2S/c1-16(2,3)21-15(20)19-10-8-18(9-11-19)14-6-4-13(5-7-14)17-12-22/h4-7H,8-11H2,1-3H3. The van der Waals surface area contributed by atoms with E-state index in [1.54, 1.807) is 4.90 Å². The van der Waals surface area contributed by atoms with E-state index in [1.165, 1.54) is 0 Å². The summed E-state index contributed by atoms with van der Waals surface area (Å²) >= 11 is 4.59. The van der Waals surface area contributed by atoms with Crippen LogP contribution in [0.1, 0.15) is 20.8 Å². The lowest BCUT2D eigenvalue weighted by molar-refractivity contribution is 0.0240. The first-order valence-electron chi connectivity index (χ1n) is 7.30. The van der Waals surface area contributed by atoms with E-state index in [0.717, 1.165) is 24.5 Å². The lowest BCUT2D eigenvalue weighted by Crippen LogP contribution is -2.50. The Balaban J connectivity index is 1.91. The topological polar surface area (TPSA) is 45.1 Å². The molecule has 1 aliphatic rings. The Bertz CT molecular complexity index is 566. The number of ether oxygens (including phenoxy) is 1. The van der Waals surface area contributed by atoms with Crippen LogP contribution in [0.2, 0.25) is 0 Å². The Morgan fingerprint density at radius 1 is 1.18 bits per heavy atom. The summed E-state index contributed by atoms with van der Waals surface area (Å²) in [5.74, 6) is 0. The lowest BCUT2D eigenvalue weighted by Gasteiger charge is -2.36. The molecule has 1 fully saturated rings. The SMILES string of the molecule is CC(C)(C)OC(=O)N1CCN(c2ccc(N=C=S)cc2)CC1. The summed E-state index contributed by atoms with van der Waals surface area (Å²) in [4.78, 5) is 20.0. The van der Waals surface area contributed by atoms with Crippen molar-refractivity contribution >= 4 is 34.8 Å². The zero-order valence-corrected chi connectivity index (χ0v) is 14.0. The van der Waals surface area contributed by atoms with Crippen molar-refractivity contribution in [2.75, 3.05) is 31.1 Å². The van der Waals surface area contributed by atoms with Crippen molar-refractivity contribution < 1.29 is 9.53 Å². The van der Waals surface area contributed by atoms with Crippen LogP contribution in [0.15, 0.2) is 29.3 Å². The second kappa shape index (κ2) is 6.90. The van der Waals surface area contributed by atoms with Crippen molar-refractivity contribution in [3.05, 3.63) is 24.3 Å². The van der Waals surface area contributed by atoms with Gasteiger partial charge in [0.15, 0.2) is 0 Å². The van der Waals surface area contributed by atoms with Gasteiger partial charge in [-0.05, 0) is 57.3 Å². The molecule has 1 aliphatic heterocycles. The maximum absolute atomic E-state index is 12.0. The Hall–Kier alpha value is -1.91. The molecule has 6 heteroatoms. The molecule has 118 valence electrons. The normalized spacial score (nSPS) is 15.2. The first-order chi connectivity index (χ1) is 10.4. The van der Waals surface area contributed by atoms with Gasteiger partial charge < -0.3 is 14.5 Å². The third-order valence-electron chi connectivity index (χ3n) is 3.32. The lowest BCUT2D eigenvalue weighted by atomic mass is 10.2. The third kappa shape index (κ3) is 4.55. The molecule has 0 unspecified atom stereocenters. The fraction of sp³-hybridized carbons (Fsp3) is 0.500. The fourth-order valence-corrected chi connectivity index (χ4v) is 2.37. The highest BCUT2D eigenvalue weighted by atomic mass is 32.1. The molecule has 1 aromatic rings. The monoisotopic (exact) mass is 319 g/mol. The summed E-state index contributed by atoms with van der Waals surface area (Å²) < 4.78 is 5.40. The first-order valence-corrected chi connectivity index (χ1v) is 7.71. The number of piperazine rings is 1. The molecule has 0 aliphatic carbocycles. The molecule has 1 heterocycles. The molecule has 2 rings (SSSR count). The number of isothiocyanates is 1. The number of nitrogens with zero attached hydrogens (tertiary/aromatic N) is 3. The van der Waals surface area contributed by atoms with Gasteiger partial charge in [-0.1, -0.05) is 0 Å². The number of hydrogen-bond acceptors (Lipinski definition) is 5. The number of rotatable bonds is 2. The Labute approximate surface area is 136 Å². The largest absolute Gasteiger partial charge is 0.444 e. The van der Waals surface area contributed by atoms with E-state index in [2.05, 4.69) is 27.3 Å². The quantitative estimate of drug-likeness (QED) is 0.618. The molecule has 0 aromatic heterocycles. The van der Waals surface area contributed by atoms with Crippen molar-refractivity contribution in [3.8, 4) is 0 Å². The third-order valence-corrected chi connectivity index (χ3v) is 3.41. The van der Waals surface area contributed by atoms with E-state index in [0.29, 0.717) is 13.1 Å². The van der Waals surface area contributed by atoms with Gasteiger partial charge in [-0.3, -0.25) is 0 Å². The highest BCUT2D eigenvalue weighted by Gasteiger charge is 2.25. The number of carbonyl (C=O) groups excluding carboxylic acids is 1. The number of thiocarbonyl (C=S) groups is 1. The predicted molar refractivity (Wildman–Crippen MR) is 91.1 cm³/mol. The van der Waals surface area contributed by atoms with Crippen molar-refractivity contribution in [2.45, 2.75) is 26.4 Å². The minimum Gasteiger partial charge on any atom is -0.444 e. The summed E-state index contributed by atoms with van der Waals surface area (Å²) in [6, 6.07) is 7.84. The highest BCUT2D eigenvalue weighted by molar-refractivity contribution is 7.78. The average Bonchev–Trinajstić information content (AvgIpc) is 2.47. The van der Waals surface area contributed by atoms with Crippen molar-refractivity contribution in [1.29, 1.82) is 0 Å². The number of benzene rings is 1. The molecule has 0 N–H and O–H groups in total. The first kappa shape index (κ1) is 16.5. The van der Waals surface area contributed by atoms with E-state index in [9.17, 15) is 4.79 Å². The minimum atomic E-state index is -0.452. The van der Waals surface area contributed by atoms with E-state index in [-0.39, 0.29) is 6.09 Å². The maximum Gasteiger partial charge on any atom is 0.410 e. The Morgan fingerprint density at radius 2 is 1.77 bits per heavy atom. The van der Waals surface area contributed by atoms with Gasteiger partial charge in [0.2, 0.25) is 0 Å². The van der Waals surface area contributed by atoms with Crippen molar-refractivity contribution in [3.63, 3.8) is 0 Å². The molecule has 0 bridgehead atoms. The molecule has 1 aromatic carbocycles. The van der Waals surface area contributed by atoms with E-state index in [1.807, 2.05) is 45.0 Å². The van der Waals surface area contributed by atoms with Crippen LogP contribution in [0, 0.1) is 0 Å². The molecule has 0 saturated carbocycles. The average molecular weight is 319 g/mol. The Kier molecular flexibility index (Phi) is 5.16. The van der Waals surface area contributed by atoms with Crippen LogP contribution < -0.4 is 4.90 Å². The van der Waals surface area contributed by atoms with Gasteiger partial charge in [0.05, 0.1) is 10.8 Å². The molecular weight excluding hydrogens is 298 g/mol. The Morgan fingerprint density at radius 3 is 2.27 bits per heavy atom. The van der Waals surface area contributed by atoms with Crippen LogP contribution in [0.25, 0.3) is 0 Å². The van der Waals surface area contributed by atoms with E-state index in [4.69, 9.17) is 4.74 Å². The minimum absolute atomic E-state index is 0.238. The van der Waals surface area contributed by atoms with E-state index < -0.39 is 5.60 Å². The second-order valence-corrected chi connectivity index (χ2v) is 6.36. The number of carbonyl (C=O) groups is 1. The van der Waals surface area contributed by atoms with Crippen LogP contribution in [-0.4, -0.2) is 47.9 Å². The van der Waals surface area contributed by atoms with Gasteiger partial charge in [0, 0.05) is 31.9 Å². The highest BCUT2D eigenvalue weighted by Crippen LogP contribution is 2.21. The molecule has 0 spiro atoms. The van der Waals surface area contributed by atoms with Crippen molar-refractivity contribution in [1.82, 2.24) is 4.90 Å². The van der Waals surface area contributed by atoms with Gasteiger partial charge in [0.25, 0.3) is 0 Å². The molecule has 1 saturated heterocycles. The molecule has 22 heavy (non-hydrogen) atoms. The molecule has 0 atom stereocenters. The van der Waals surface area contributed by atoms with Crippen LogP contribution in [0.5, 0.6) is 0 Å². The van der Waals surface area contributed by atoms with Crippen LogP contribution >= 0.6 is 12.2 Å². The van der Waals surface area contributed by atoms with Gasteiger partial charge >= 0.3 is 6.09 Å². The molecular formula is C16H21N3O2S. The van der Waals surface area contributed by atoms with Crippen LogP contribution in [-0.2, 0) is 4.74 Å². The second-order valence-electron chi connectivity index (χ2n) is 6.17. The van der Waals surface area contributed by atoms with Crippen molar-refractivity contribution in [2.24, 2.45) is 4.99 Å². The zero-order chi connectivity index (χ0) is 16.2. The number of aliphatic imine (C=N–C) groups is 1. The summed E-state index contributed by atoms with van der Waals surface area (Å²) in [5, 5.41) is 2.36. The van der Waals surface area contributed by atoms with Gasteiger partial charge in [0.1, 0.15) is 5.60 Å².